The maximum Gasteiger partial charge on any atom is 0.418 e. The van der Waals surface area contributed by atoms with Crippen molar-refractivity contribution in [2.24, 2.45) is 4.99 Å². The van der Waals surface area contributed by atoms with Gasteiger partial charge in [0.15, 0.2) is 0 Å². The molecule has 1 aromatic carbocycles. The van der Waals surface area contributed by atoms with Crippen molar-refractivity contribution in [3.63, 3.8) is 0 Å². The maximum atomic E-state index is 13.5. The molecule has 5 heterocycles. The molecule has 0 bridgehead atoms. The number of anilines is 1. The van der Waals surface area contributed by atoms with E-state index in [2.05, 4.69) is 44.8 Å². The number of urea groups is 1. The summed E-state index contributed by atoms with van der Waals surface area (Å²) in [6.45, 7) is 10.4. The first-order valence-corrected chi connectivity index (χ1v) is 20.5. The number of benzene rings is 1. The molecular formula is C34H43F4N9O2Si. The van der Waals surface area contributed by atoms with Crippen LogP contribution in [0, 0.1) is 5.82 Å². The van der Waals surface area contributed by atoms with E-state index in [-0.39, 0.29) is 11.6 Å². The Morgan fingerprint density at radius 1 is 1.16 bits per heavy atom. The number of rotatable bonds is 11. The topological polar surface area (TPSA) is 106 Å². The van der Waals surface area contributed by atoms with Gasteiger partial charge in [-0.25, -0.2) is 19.2 Å². The second-order valence-electron chi connectivity index (χ2n) is 14.4. The van der Waals surface area contributed by atoms with Gasteiger partial charge in [0.25, 0.3) is 0 Å². The zero-order valence-electron chi connectivity index (χ0n) is 28.8. The lowest BCUT2D eigenvalue weighted by Crippen LogP contribution is -2.66. The second-order valence-corrected chi connectivity index (χ2v) is 20.0. The predicted octanol–water partition coefficient (Wildman–Crippen LogP) is 6.56. The van der Waals surface area contributed by atoms with E-state index >= 15 is 0 Å². The van der Waals surface area contributed by atoms with E-state index < -0.39 is 37.3 Å². The van der Waals surface area contributed by atoms with E-state index in [1.165, 1.54) is 4.90 Å². The van der Waals surface area contributed by atoms with Crippen LogP contribution in [0.1, 0.15) is 24.8 Å². The number of ether oxygens (including phenoxy) is 1. The Morgan fingerprint density at radius 2 is 1.92 bits per heavy atom. The van der Waals surface area contributed by atoms with Crippen LogP contribution in [0.3, 0.4) is 0 Å². The van der Waals surface area contributed by atoms with Crippen LogP contribution < -0.4 is 5.32 Å². The molecule has 6 rings (SSSR count). The molecule has 0 saturated carbocycles. The molecule has 2 amide bonds. The summed E-state index contributed by atoms with van der Waals surface area (Å²) >= 11 is 0. The number of hydrogen-bond donors (Lipinski definition) is 1. The first kappa shape index (κ1) is 35.7. The van der Waals surface area contributed by atoms with Crippen molar-refractivity contribution in [2.75, 3.05) is 45.2 Å². The molecule has 268 valence electrons. The fraction of sp³-hybridized carbons (Fsp3) is 0.500. The highest BCUT2D eigenvalue weighted by Gasteiger charge is 2.48. The maximum absolute atomic E-state index is 13.5. The van der Waals surface area contributed by atoms with Crippen LogP contribution in [-0.4, -0.2) is 100 Å². The Morgan fingerprint density at radius 3 is 2.62 bits per heavy atom. The molecule has 3 aromatic heterocycles. The number of carbonyl (C=O) groups is 1. The van der Waals surface area contributed by atoms with Crippen LogP contribution in [0.25, 0.3) is 22.3 Å². The molecule has 2 fully saturated rings. The minimum absolute atomic E-state index is 0.201. The number of likely N-dealkylation sites (tertiary alicyclic amines) is 2. The summed E-state index contributed by atoms with van der Waals surface area (Å²) in [4.78, 5) is 30.2. The molecule has 16 heteroatoms. The SMILES string of the molecule is C/N=C/CC1(n2cc(-c3ncnc4c3ccn4COCC[Si](C)(C)C)cn2)CN(C2CCN(C(=O)Nc3ccc(F)cc3C(F)(F)F)CC2)C1. The molecule has 1 N–H and O–H groups in total. The lowest BCUT2D eigenvalue weighted by molar-refractivity contribution is -0.137. The molecule has 2 saturated heterocycles. The molecule has 50 heavy (non-hydrogen) atoms. The molecular weight excluding hydrogens is 671 g/mol. The molecule has 0 atom stereocenters. The van der Waals surface area contributed by atoms with E-state index in [1.54, 1.807) is 13.4 Å². The van der Waals surface area contributed by atoms with Crippen LogP contribution in [0.15, 0.2) is 54.2 Å². The quantitative estimate of drug-likeness (QED) is 0.0817. The van der Waals surface area contributed by atoms with Gasteiger partial charge in [-0.15, -0.1) is 0 Å². The Labute approximate surface area is 289 Å². The van der Waals surface area contributed by atoms with Gasteiger partial charge in [-0.2, -0.15) is 18.3 Å². The van der Waals surface area contributed by atoms with Gasteiger partial charge in [-0.05, 0) is 43.2 Å². The van der Waals surface area contributed by atoms with E-state index in [1.807, 2.05) is 40.1 Å². The number of fused-ring (bicyclic) bond motifs is 1. The third-order valence-electron chi connectivity index (χ3n) is 9.57. The number of piperidine rings is 1. The molecule has 0 radical (unpaired) electrons. The van der Waals surface area contributed by atoms with Crippen LogP contribution in [0.5, 0.6) is 0 Å². The third kappa shape index (κ3) is 7.76. The fourth-order valence-electron chi connectivity index (χ4n) is 6.67. The van der Waals surface area contributed by atoms with Crippen molar-refractivity contribution < 1.29 is 27.1 Å². The van der Waals surface area contributed by atoms with Crippen molar-refractivity contribution in [3.8, 4) is 11.3 Å². The lowest BCUT2D eigenvalue weighted by Gasteiger charge is -2.54. The van der Waals surface area contributed by atoms with Crippen LogP contribution in [0.2, 0.25) is 25.7 Å². The lowest BCUT2D eigenvalue weighted by atomic mass is 9.83. The van der Waals surface area contributed by atoms with E-state index in [0.29, 0.717) is 45.1 Å². The summed E-state index contributed by atoms with van der Waals surface area (Å²) in [5.41, 5.74) is 0.496. The van der Waals surface area contributed by atoms with Gasteiger partial charge >= 0.3 is 12.2 Å². The van der Waals surface area contributed by atoms with E-state index in [4.69, 9.17) is 9.84 Å². The zero-order valence-corrected chi connectivity index (χ0v) is 29.8. The fourth-order valence-corrected chi connectivity index (χ4v) is 7.43. The standard InChI is InChI=1S/C34H43F4N9O2Si/c1-39-11-10-33(47-19-24(18-42-47)30-27-9-14-45(31(27)41-22-40-30)23-49-15-16-50(2,3)4)20-46(21-33)26-7-12-44(13-8-26)32(48)43-29-6-5-25(35)17-28(29)34(36,37)38/h5-6,9,11,14,17-19,22,26H,7-8,10,12-13,15-16,20-21,23H2,1-4H3,(H,43,48)/b39-11+. The number of hydrogen-bond acceptors (Lipinski definition) is 7. The van der Waals surface area contributed by atoms with Crippen molar-refractivity contribution in [3.05, 3.63) is 60.6 Å². The van der Waals surface area contributed by atoms with Crippen molar-refractivity contribution in [1.29, 1.82) is 0 Å². The van der Waals surface area contributed by atoms with Crippen molar-refractivity contribution in [2.45, 2.75) is 69.4 Å². The van der Waals surface area contributed by atoms with E-state index in [0.717, 1.165) is 60.2 Å². The van der Waals surface area contributed by atoms with Gasteiger partial charge < -0.3 is 24.5 Å². The average molecular weight is 714 g/mol. The average Bonchev–Trinajstić information content (AvgIpc) is 3.71. The van der Waals surface area contributed by atoms with Crippen molar-refractivity contribution >= 4 is 37.0 Å². The van der Waals surface area contributed by atoms with Gasteiger partial charge in [-0.1, -0.05) is 19.6 Å². The Bertz CT molecular complexity index is 1840. The second kappa shape index (κ2) is 14.2. The summed E-state index contributed by atoms with van der Waals surface area (Å²) in [6.07, 6.45) is 6.54. The van der Waals surface area contributed by atoms with Gasteiger partial charge in [0.2, 0.25) is 0 Å². The number of halogens is 4. The highest BCUT2D eigenvalue weighted by Crippen LogP contribution is 2.38. The molecule has 4 aromatic rings. The molecule has 2 aliphatic rings. The first-order valence-electron chi connectivity index (χ1n) is 16.8. The highest BCUT2D eigenvalue weighted by molar-refractivity contribution is 6.76. The minimum Gasteiger partial charge on any atom is -0.361 e. The Hall–Kier alpha value is -4.15. The van der Waals surface area contributed by atoms with E-state index in [9.17, 15) is 22.4 Å². The largest absolute Gasteiger partial charge is 0.418 e. The monoisotopic (exact) mass is 713 g/mol. The van der Waals surface area contributed by atoms with Gasteiger partial charge in [-0.3, -0.25) is 9.58 Å². The predicted molar refractivity (Wildman–Crippen MR) is 186 cm³/mol. The third-order valence-corrected chi connectivity index (χ3v) is 11.3. The number of nitrogens with zero attached hydrogens (tertiary/aromatic N) is 8. The molecule has 2 aliphatic heterocycles. The summed E-state index contributed by atoms with van der Waals surface area (Å²) in [7, 11) is 0.568. The molecule has 11 nitrogen and oxygen atoms in total. The summed E-state index contributed by atoms with van der Waals surface area (Å²) < 4.78 is 63.8. The first-order chi connectivity index (χ1) is 23.8. The molecule has 0 aliphatic carbocycles. The normalized spacial score (nSPS) is 17.5. The number of carbonyl (C=O) groups excluding carboxylic acids is 1. The number of nitrogens with one attached hydrogen (secondary N) is 1. The van der Waals surface area contributed by atoms with Crippen molar-refractivity contribution in [1.82, 2.24) is 34.1 Å². The molecule has 0 unspecified atom stereocenters. The number of aromatic nitrogens is 5. The number of aliphatic imine (C=N–C) groups is 1. The Balaban J connectivity index is 1.09. The number of amides is 2. The minimum atomic E-state index is -4.80. The highest BCUT2D eigenvalue weighted by atomic mass is 28.3. The van der Waals surface area contributed by atoms with Gasteiger partial charge in [0.05, 0.1) is 28.7 Å². The number of alkyl halides is 3. The van der Waals surface area contributed by atoms with Gasteiger partial charge in [0, 0.05) is 89.9 Å². The van der Waals surface area contributed by atoms with Crippen LogP contribution in [-0.2, 0) is 23.2 Å². The van der Waals surface area contributed by atoms with Crippen LogP contribution >= 0.6 is 0 Å². The Kier molecular flexibility index (Phi) is 10.1. The molecule has 0 spiro atoms. The van der Waals surface area contributed by atoms with Gasteiger partial charge in [0.1, 0.15) is 24.5 Å². The summed E-state index contributed by atoms with van der Waals surface area (Å²) in [5.74, 6) is -1.02. The zero-order chi connectivity index (χ0) is 35.7. The van der Waals surface area contributed by atoms with Crippen LogP contribution in [0.4, 0.5) is 28.0 Å². The smallest absolute Gasteiger partial charge is 0.361 e. The summed E-state index contributed by atoms with van der Waals surface area (Å²) in [6, 6.07) is 4.90. The summed E-state index contributed by atoms with van der Waals surface area (Å²) in [5, 5.41) is 8.05.